The summed E-state index contributed by atoms with van der Waals surface area (Å²) in [4.78, 5) is 29.1. The van der Waals surface area contributed by atoms with Gasteiger partial charge >= 0.3 is 0 Å². The number of nitrogens with one attached hydrogen (secondary N) is 1. The van der Waals surface area contributed by atoms with Crippen molar-refractivity contribution in [1.29, 1.82) is 0 Å². The number of hydrogen-bond donors (Lipinski definition) is 1. The van der Waals surface area contributed by atoms with Crippen molar-refractivity contribution < 1.29 is 22.7 Å². The van der Waals surface area contributed by atoms with Crippen LogP contribution >= 0.6 is 0 Å². The maximum absolute atomic E-state index is 14.2. The molecule has 0 aliphatic carbocycles. The molecule has 0 spiro atoms. The fraction of sp³-hybridized carbons (Fsp3) is 0.355. The smallest absolute Gasteiger partial charge is 0.264 e. The molecule has 8 nitrogen and oxygen atoms in total. The predicted molar refractivity (Wildman–Crippen MR) is 158 cm³/mol. The second kappa shape index (κ2) is 14.0. The van der Waals surface area contributed by atoms with Crippen LogP contribution in [-0.4, -0.2) is 50.9 Å². The van der Waals surface area contributed by atoms with Crippen LogP contribution in [0.4, 0.5) is 5.69 Å². The monoisotopic (exact) mass is 565 g/mol. The number of rotatable bonds is 13. The molecule has 0 aromatic heterocycles. The van der Waals surface area contributed by atoms with Gasteiger partial charge in [-0.1, -0.05) is 68.4 Å². The molecule has 3 rings (SSSR count). The lowest BCUT2D eigenvalue weighted by molar-refractivity contribution is -0.140. The van der Waals surface area contributed by atoms with Gasteiger partial charge in [-0.15, -0.1) is 0 Å². The predicted octanol–water partition coefficient (Wildman–Crippen LogP) is 4.92. The van der Waals surface area contributed by atoms with Gasteiger partial charge < -0.3 is 15.0 Å². The van der Waals surface area contributed by atoms with E-state index >= 15 is 0 Å². The molecule has 0 radical (unpaired) electrons. The van der Waals surface area contributed by atoms with Gasteiger partial charge in [0, 0.05) is 12.6 Å². The lowest BCUT2D eigenvalue weighted by Crippen LogP contribution is -2.53. The van der Waals surface area contributed by atoms with Crippen molar-refractivity contribution in [2.75, 3.05) is 18.0 Å². The number of methoxy groups -OCH3 is 1. The van der Waals surface area contributed by atoms with E-state index in [1.807, 2.05) is 52.0 Å². The minimum atomic E-state index is -4.17. The molecule has 0 fully saturated rings. The number of carbonyl (C=O) groups is 2. The average molecular weight is 566 g/mol. The summed E-state index contributed by atoms with van der Waals surface area (Å²) in [6.07, 6.45) is 1.10. The van der Waals surface area contributed by atoms with E-state index in [1.54, 1.807) is 42.5 Å². The van der Waals surface area contributed by atoms with E-state index in [1.165, 1.54) is 24.1 Å². The highest BCUT2D eigenvalue weighted by atomic mass is 32.2. The molecule has 0 aliphatic rings. The van der Waals surface area contributed by atoms with Gasteiger partial charge in [0.05, 0.1) is 17.7 Å². The lowest BCUT2D eigenvalue weighted by Gasteiger charge is -2.34. The third-order valence-corrected chi connectivity index (χ3v) is 8.73. The van der Waals surface area contributed by atoms with Crippen molar-refractivity contribution in [3.63, 3.8) is 0 Å². The van der Waals surface area contributed by atoms with Gasteiger partial charge in [0.2, 0.25) is 11.8 Å². The SMILES string of the molecule is CC[C@@H](C)NC(=O)[C@@H](CC)N(Cc1ccccc1C)C(=O)CN(c1ccccc1OC)S(=O)(=O)c1ccccc1. The van der Waals surface area contributed by atoms with Crippen LogP contribution in [0.25, 0.3) is 0 Å². The topological polar surface area (TPSA) is 96.0 Å². The molecule has 214 valence electrons. The van der Waals surface area contributed by atoms with E-state index in [2.05, 4.69) is 5.32 Å². The number of benzene rings is 3. The highest BCUT2D eigenvalue weighted by molar-refractivity contribution is 7.92. The van der Waals surface area contributed by atoms with Gasteiger partial charge in [0.15, 0.2) is 0 Å². The zero-order chi connectivity index (χ0) is 29.3. The quantitative estimate of drug-likeness (QED) is 0.317. The molecule has 1 N–H and O–H groups in total. The number of carbonyl (C=O) groups excluding carboxylic acids is 2. The Morgan fingerprint density at radius 2 is 1.52 bits per heavy atom. The summed E-state index contributed by atoms with van der Waals surface area (Å²) >= 11 is 0. The van der Waals surface area contributed by atoms with E-state index in [4.69, 9.17) is 4.74 Å². The van der Waals surface area contributed by atoms with Gasteiger partial charge in [-0.3, -0.25) is 13.9 Å². The summed E-state index contributed by atoms with van der Waals surface area (Å²) in [6.45, 7) is 7.31. The number of amides is 2. The van der Waals surface area contributed by atoms with Crippen LogP contribution in [0.2, 0.25) is 0 Å². The number of hydrogen-bond acceptors (Lipinski definition) is 5. The van der Waals surface area contributed by atoms with E-state index in [9.17, 15) is 18.0 Å². The minimum absolute atomic E-state index is 0.0423. The second-order valence-electron chi connectivity index (χ2n) is 9.69. The normalized spacial score (nSPS) is 12.7. The number of aryl methyl sites for hydroxylation is 1. The first-order valence-corrected chi connectivity index (χ1v) is 14.9. The zero-order valence-corrected chi connectivity index (χ0v) is 24.6. The van der Waals surface area contributed by atoms with Crippen LogP contribution in [-0.2, 0) is 26.2 Å². The molecule has 9 heteroatoms. The van der Waals surface area contributed by atoms with Crippen LogP contribution in [0.3, 0.4) is 0 Å². The fourth-order valence-corrected chi connectivity index (χ4v) is 5.85. The van der Waals surface area contributed by atoms with Crippen LogP contribution in [0.1, 0.15) is 44.7 Å². The van der Waals surface area contributed by atoms with Gasteiger partial charge in [-0.25, -0.2) is 8.42 Å². The van der Waals surface area contributed by atoms with Crippen LogP contribution in [0, 0.1) is 6.92 Å². The van der Waals surface area contributed by atoms with Gasteiger partial charge in [-0.05, 0) is 62.1 Å². The van der Waals surface area contributed by atoms with Crippen molar-refractivity contribution in [3.05, 3.63) is 90.0 Å². The molecule has 0 bridgehead atoms. The van der Waals surface area contributed by atoms with Gasteiger partial charge in [-0.2, -0.15) is 0 Å². The maximum Gasteiger partial charge on any atom is 0.264 e. The molecule has 0 unspecified atom stereocenters. The van der Waals surface area contributed by atoms with Gasteiger partial charge in [0.25, 0.3) is 10.0 Å². The molecule has 0 saturated heterocycles. The first-order valence-electron chi connectivity index (χ1n) is 13.5. The molecule has 0 heterocycles. The van der Waals surface area contributed by atoms with Crippen molar-refractivity contribution in [1.82, 2.24) is 10.2 Å². The highest BCUT2D eigenvalue weighted by Gasteiger charge is 2.35. The highest BCUT2D eigenvalue weighted by Crippen LogP contribution is 2.32. The molecule has 2 amide bonds. The number of anilines is 1. The summed E-state index contributed by atoms with van der Waals surface area (Å²) in [5.74, 6) is -0.463. The molecule has 40 heavy (non-hydrogen) atoms. The summed E-state index contributed by atoms with van der Waals surface area (Å²) in [5, 5.41) is 2.99. The third-order valence-electron chi connectivity index (χ3n) is 6.95. The maximum atomic E-state index is 14.2. The summed E-state index contributed by atoms with van der Waals surface area (Å²) in [6, 6.07) is 21.4. The van der Waals surface area contributed by atoms with Crippen molar-refractivity contribution >= 4 is 27.5 Å². The van der Waals surface area contributed by atoms with E-state index in [0.717, 1.165) is 21.9 Å². The third kappa shape index (κ3) is 7.21. The van der Waals surface area contributed by atoms with Crippen LogP contribution < -0.4 is 14.4 Å². The zero-order valence-electron chi connectivity index (χ0n) is 23.8. The molecule has 2 atom stereocenters. The van der Waals surface area contributed by atoms with E-state index < -0.39 is 28.5 Å². The van der Waals surface area contributed by atoms with Crippen molar-refractivity contribution in [3.8, 4) is 5.75 Å². The number of sulfonamides is 1. The number of ether oxygens (including phenoxy) is 1. The second-order valence-corrected chi connectivity index (χ2v) is 11.5. The van der Waals surface area contributed by atoms with E-state index in [0.29, 0.717) is 12.2 Å². The number of nitrogens with zero attached hydrogens (tertiary/aromatic N) is 2. The lowest BCUT2D eigenvalue weighted by atomic mass is 10.1. The Bertz CT molecular complexity index is 1390. The molecule has 0 saturated carbocycles. The average Bonchev–Trinajstić information content (AvgIpc) is 2.96. The first-order chi connectivity index (χ1) is 19.1. The minimum Gasteiger partial charge on any atom is -0.495 e. The first kappa shape index (κ1) is 30.7. The van der Waals surface area contributed by atoms with Crippen LogP contribution in [0.15, 0.2) is 83.8 Å². The van der Waals surface area contributed by atoms with Crippen molar-refractivity contribution in [2.24, 2.45) is 0 Å². The summed E-state index contributed by atoms with van der Waals surface area (Å²) in [5.41, 5.74) is 2.08. The molecule has 3 aromatic carbocycles. The Morgan fingerprint density at radius 3 is 2.15 bits per heavy atom. The Hall–Kier alpha value is -3.85. The Kier molecular flexibility index (Phi) is 10.7. The van der Waals surface area contributed by atoms with Gasteiger partial charge in [0.1, 0.15) is 18.3 Å². The Morgan fingerprint density at radius 1 is 0.900 bits per heavy atom. The summed E-state index contributed by atoms with van der Waals surface area (Å²) < 4.78 is 34.4. The van der Waals surface area contributed by atoms with E-state index in [-0.39, 0.29) is 29.1 Å². The Labute approximate surface area is 238 Å². The molecule has 0 aliphatic heterocycles. The number of para-hydroxylation sites is 2. The van der Waals surface area contributed by atoms with Crippen molar-refractivity contribution in [2.45, 2.75) is 64.1 Å². The fourth-order valence-electron chi connectivity index (χ4n) is 4.40. The van der Waals surface area contributed by atoms with Crippen LogP contribution in [0.5, 0.6) is 5.75 Å². The Balaban J connectivity index is 2.10. The largest absolute Gasteiger partial charge is 0.495 e. The summed E-state index contributed by atoms with van der Waals surface area (Å²) in [7, 11) is -2.72. The molecular weight excluding hydrogens is 526 g/mol. The standard InChI is InChI=1S/C31H39N3O5S/c1-6-24(4)32-31(36)27(7-2)33(21-25-16-12-11-15-23(25)3)30(35)22-34(28-19-13-14-20-29(28)39-5)40(37,38)26-17-9-8-10-18-26/h8-20,24,27H,6-7,21-22H2,1-5H3,(H,32,36)/t24-,27-/m1/s1. The molecular formula is C31H39N3O5S. The molecule has 3 aromatic rings.